The molecule has 40 heavy (non-hydrogen) atoms. The number of sulfonamides is 1. The van der Waals surface area contributed by atoms with E-state index in [1.54, 1.807) is 36.4 Å². The van der Waals surface area contributed by atoms with Gasteiger partial charge in [-0.05, 0) is 72.6 Å². The Balaban J connectivity index is 1.53. The third-order valence-corrected chi connectivity index (χ3v) is 7.83. The van der Waals surface area contributed by atoms with E-state index < -0.39 is 28.3 Å². The van der Waals surface area contributed by atoms with E-state index in [2.05, 4.69) is 10.6 Å². The molecule has 0 fully saturated rings. The standard InChI is InChI=1S/C30H28FN3O5S/c1-39-25-15-13-24(14-16-25)34(40(37,38)26-17-11-23(31)12-18-26)21-29(35)33-28-10-6-5-9-27(28)30(36)32-20-19-22-7-3-2-4-8-22/h2-18H,19-21H2,1H3,(H,32,36)(H,33,35). The predicted octanol–water partition coefficient (Wildman–Crippen LogP) is 4.64. The van der Waals surface area contributed by atoms with Gasteiger partial charge in [0.1, 0.15) is 18.1 Å². The van der Waals surface area contributed by atoms with Gasteiger partial charge in [-0.3, -0.25) is 13.9 Å². The highest BCUT2D eigenvalue weighted by Crippen LogP contribution is 2.26. The Hall–Kier alpha value is -4.70. The van der Waals surface area contributed by atoms with Crippen LogP contribution in [0.2, 0.25) is 0 Å². The number of ether oxygens (including phenoxy) is 1. The number of nitrogens with one attached hydrogen (secondary N) is 2. The Morgan fingerprint density at radius 3 is 2.17 bits per heavy atom. The number of anilines is 2. The van der Waals surface area contributed by atoms with Crippen molar-refractivity contribution in [2.75, 3.05) is 29.8 Å². The van der Waals surface area contributed by atoms with Crippen LogP contribution in [0.3, 0.4) is 0 Å². The maximum absolute atomic E-state index is 13.5. The molecule has 4 aromatic rings. The molecule has 10 heteroatoms. The molecule has 2 amide bonds. The summed E-state index contributed by atoms with van der Waals surface area (Å²) in [5, 5.41) is 5.51. The van der Waals surface area contributed by atoms with Crippen LogP contribution in [0.5, 0.6) is 5.75 Å². The van der Waals surface area contributed by atoms with Gasteiger partial charge in [0, 0.05) is 6.54 Å². The second-order valence-electron chi connectivity index (χ2n) is 8.75. The SMILES string of the molecule is COc1ccc(N(CC(=O)Nc2ccccc2C(=O)NCCc2ccccc2)S(=O)(=O)c2ccc(F)cc2)cc1. The zero-order chi connectivity index (χ0) is 28.5. The molecule has 2 N–H and O–H groups in total. The van der Waals surface area contributed by atoms with Crippen LogP contribution in [0, 0.1) is 5.82 Å². The number of hydrogen-bond acceptors (Lipinski definition) is 5. The number of carbonyl (C=O) groups is 2. The molecule has 0 saturated carbocycles. The Morgan fingerprint density at radius 2 is 1.50 bits per heavy atom. The molecule has 0 aromatic heterocycles. The van der Waals surface area contributed by atoms with E-state index in [1.165, 1.54) is 19.2 Å². The van der Waals surface area contributed by atoms with Crippen molar-refractivity contribution in [1.82, 2.24) is 5.32 Å². The summed E-state index contributed by atoms with van der Waals surface area (Å²) in [4.78, 5) is 25.9. The van der Waals surface area contributed by atoms with Crippen LogP contribution in [-0.2, 0) is 21.2 Å². The summed E-state index contributed by atoms with van der Waals surface area (Å²) in [6.45, 7) is -0.206. The number of methoxy groups -OCH3 is 1. The quantitative estimate of drug-likeness (QED) is 0.278. The van der Waals surface area contributed by atoms with Gasteiger partial charge in [-0.2, -0.15) is 0 Å². The first-order valence-electron chi connectivity index (χ1n) is 12.4. The van der Waals surface area contributed by atoms with Crippen LogP contribution in [0.15, 0.2) is 108 Å². The topological polar surface area (TPSA) is 105 Å². The number of carbonyl (C=O) groups excluding carboxylic acids is 2. The molecule has 0 radical (unpaired) electrons. The summed E-state index contributed by atoms with van der Waals surface area (Å²) >= 11 is 0. The number of nitrogens with zero attached hydrogens (tertiary/aromatic N) is 1. The molecule has 0 aliphatic carbocycles. The van der Waals surface area contributed by atoms with Gasteiger partial charge in [-0.15, -0.1) is 0 Å². The highest BCUT2D eigenvalue weighted by atomic mass is 32.2. The zero-order valence-corrected chi connectivity index (χ0v) is 22.5. The normalized spacial score (nSPS) is 10.9. The van der Waals surface area contributed by atoms with Crippen molar-refractivity contribution in [3.8, 4) is 5.75 Å². The van der Waals surface area contributed by atoms with Crippen molar-refractivity contribution in [1.29, 1.82) is 0 Å². The summed E-state index contributed by atoms with van der Waals surface area (Å²) in [5.41, 5.74) is 1.75. The van der Waals surface area contributed by atoms with E-state index in [1.807, 2.05) is 30.3 Å². The summed E-state index contributed by atoms with van der Waals surface area (Å²) < 4.78 is 46.6. The van der Waals surface area contributed by atoms with Crippen LogP contribution in [0.1, 0.15) is 15.9 Å². The van der Waals surface area contributed by atoms with E-state index >= 15 is 0 Å². The van der Waals surface area contributed by atoms with Crippen molar-refractivity contribution in [3.63, 3.8) is 0 Å². The van der Waals surface area contributed by atoms with Crippen molar-refractivity contribution in [2.45, 2.75) is 11.3 Å². The second kappa shape index (κ2) is 12.9. The first-order chi connectivity index (χ1) is 19.3. The fraction of sp³-hybridized carbons (Fsp3) is 0.133. The highest BCUT2D eigenvalue weighted by Gasteiger charge is 2.28. The van der Waals surface area contributed by atoms with E-state index in [-0.39, 0.29) is 27.7 Å². The third-order valence-electron chi connectivity index (χ3n) is 6.04. The van der Waals surface area contributed by atoms with Crippen molar-refractivity contribution in [2.24, 2.45) is 0 Å². The molecule has 0 unspecified atom stereocenters. The van der Waals surface area contributed by atoms with Gasteiger partial charge in [0.05, 0.1) is 28.9 Å². The van der Waals surface area contributed by atoms with E-state index in [0.717, 1.165) is 34.1 Å². The summed E-state index contributed by atoms with van der Waals surface area (Å²) in [6, 6.07) is 26.6. The van der Waals surface area contributed by atoms with Crippen molar-refractivity contribution >= 4 is 33.2 Å². The number of halogens is 1. The number of amides is 2. The Kier molecular flexibility index (Phi) is 9.13. The molecular weight excluding hydrogens is 533 g/mol. The number of hydrogen-bond donors (Lipinski definition) is 2. The lowest BCUT2D eigenvalue weighted by Crippen LogP contribution is -2.38. The molecule has 0 bridgehead atoms. The van der Waals surface area contributed by atoms with Gasteiger partial charge in [-0.25, -0.2) is 12.8 Å². The maximum atomic E-state index is 13.5. The van der Waals surface area contributed by atoms with E-state index in [4.69, 9.17) is 4.74 Å². The van der Waals surface area contributed by atoms with Gasteiger partial charge >= 0.3 is 0 Å². The average Bonchev–Trinajstić information content (AvgIpc) is 2.97. The molecule has 0 atom stereocenters. The molecule has 4 rings (SSSR count). The minimum absolute atomic E-state index is 0.185. The minimum atomic E-state index is -4.26. The molecule has 206 valence electrons. The lowest BCUT2D eigenvalue weighted by atomic mass is 10.1. The predicted molar refractivity (Wildman–Crippen MR) is 151 cm³/mol. The monoisotopic (exact) mass is 561 g/mol. The van der Waals surface area contributed by atoms with Gasteiger partial charge in [-0.1, -0.05) is 42.5 Å². The molecule has 0 aliphatic rings. The smallest absolute Gasteiger partial charge is 0.264 e. The van der Waals surface area contributed by atoms with Crippen molar-refractivity contribution < 1.29 is 27.1 Å². The second-order valence-corrected chi connectivity index (χ2v) is 10.6. The fourth-order valence-electron chi connectivity index (χ4n) is 3.97. The minimum Gasteiger partial charge on any atom is -0.497 e. The summed E-state index contributed by atoms with van der Waals surface area (Å²) in [6.07, 6.45) is 0.638. The van der Waals surface area contributed by atoms with Crippen LogP contribution >= 0.6 is 0 Å². The largest absolute Gasteiger partial charge is 0.497 e. The highest BCUT2D eigenvalue weighted by molar-refractivity contribution is 7.92. The number of benzene rings is 4. The molecule has 4 aromatic carbocycles. The molecule has 0 aliphatic heterocycles. The molecule has 8 nitrogen and oxygen atoms in total. The first kappa shape index (κ1) is 28.3. The van der Waals surface area contributed by atoms with Gasteiger partial charge in [0.25, 0.3) is 15.9 Å². The lowest BCUT2D eigenvalue weighted by Gasteiger charge is -2.24. The number of para-hydroxylation sites is 1. The van der Waals surface area contributed by atoms with Crippen LogP contribution < -0.4 is 19.7 Å². The van der Waals surface area contributed by atoms with E-state index in [9.17, 15) is 22.4 Å². The van der Waals surface area contributed by atoms with Gasteiger partial charge in [0.2, 0.25) is 5.91 Å². The summed E-state index contributed by atoms with van der Waals surface area (Å²) in [5.74, 6) is -1.14. The van der Waals surface area contributed by atoms with E-state index in [0.29, 0.717) is 18.7 Å². The van der Waals surface area contributed by atoms with Gasteiger partial charge in [0.15, 0.2) is 0 Å². The van der Waals surface area contributed by atoms with Crippen molar-refractivity contribution in [3.05, 3.63) is 120 Å². The van der Waals surface area contributed by atoms with Crippen LogP contribution in [0.4, 0.5) is 15.8 Å². The average molecular weight is 562 g/mol. The summed E-state index contributed by atoms with van der Waals surface area (Å²) in [7, 11) is -2.78. The van der Waals surface area contributed by atoms with Crippen LogP contribution in [0.25, 0.3) is 0 Å². The Labute approximate surface area is 232 Å². The fourth-order valence-corrected chi connectivity index (χ4v) is 5.39. The molecule has 0 saturated heterocycles. The third kappa shape index (κ3) is 7.03. The first-order valence-corrected chi connectivity index (χ1v) is 13.9. The van der Waals surface area contributed by atoms with Crippen LogP contribution in [-0.4, -0.2) is 40.4 Å². The molecule has 0 spiro atoms. The van der Waals surface area contributed by atoms with Gasteiger partial charge < -0.3 is 15.4 Å². The lowest BCUT2D eigenvalue weighted by molar-refractivity contribution is -0.114. The Morgan fingerprint density at radius 1 is 0.850 bits per heavy atom. The number of rotatable bonds is 11. The zero-order valence-electron chi connectivity index (χ0n) is 21.7. The molecular formula is C30H28FN3O5S. The maximum Gasteiger partial charge on any atom is 0.264 e. The molecule has 0 heterocycles. The Bertz CT molecular complexity index is 1560.